The summed E-state index contributed by atoms with van der Waals surface area (Å²) in [6.07, 6.45) is -1.74. The third-order valence-corrected chi connectivity index (χ3v) is 2.60. The Morgan fingerprint density at radius 3 is 2.67 bits per heavy atom. The summed E-state index contributed by atoms with van der Waals surface area (Å²) >= 11 is 0. The first-order valence-electron chi connectivity index (χ1n) is 5.43. The Balaban J connectivity index is 1.92. The molecule has 90 valence electrons. The first-order valence-corrected chi connectivity index (χ1v) is 5.43. The summed E-state index contributed by atoms with van der Waals surface area (Å²) in [4.78, 5) is 0. The maximum atomic E-state index is 11.7. The summed E-state index contributed by atoms with van der Waals surface area (Å²) in [5, 5.41) is 3.26. The first-order chi connectivity index (χ1) is 7.08. The Bertz CT molecular complexity index is 167. The van der Waals surface area contributed by atoms with E-state index in [-0.39, 0.29) is 6.61 Å². The monoisotopic (exact) mass is 225 g/mol. The van der Waals surface area contributed by atoms with Crippen molar-refractivity contribution in [3.63, 3.8) is 0 Å². The van der Waals surface area contributed by atoms with Crippen LogP contribution in [0, 0.1) is 5.92 Å². The minimum absolute atomic E-state index is 0.205. The van der Waals surface area contributed by atoms with Crippen LogP contribution in [-0.4, -0.2) is 32.5 Å². The fourth-order valence-electron chi connectivity index (χ4n) is 1.71. The van der Waals surface area contributed by atoms with E-state index in [1.807, 2.05) is 0 Å². The van der Waals surface area contributed by atoms with Gasteiger partial charge < -0.3 is 10.1 Å². The largest absolute Gasteiger partial charge is 0.391 e. The van der Waals surface area contributed by atoms with Gasteiger partial charge in [0.05, 0.1) is 13.0 Å². The van der Waals surface area contributed by atoms with Crippen LogP contribution in [0.5, 0.6) is 0 Å². The molecule has 1 unspecified atom stereocenters. The van der Waals surface area contributed by atoms with E-state index >= 15 is 0 Å². The van der Waals surface area contributed by atoms with Crippen LogP contribution in [0.15, 0.2) is 0 Å². The van der Waals surface area contributed by atoms with Crippen LogP contribution in [0.25, 0.3) is 0 Å². The lowest BCUT2D eigenvalue weighted by Crippen LogP contribution is -2.30. The zero-order valence-corrected chi connectivity index (χ0v) is 8.78. The van der Waals surface area contributed by atoms with Gasteiger partial charge in [-0.1, -0.05) is 0 Å². The van der Waals surface area contributed by atoms with Crippen molar-refractivity contribution < 1.29 is 17.9 Å². The fourth-order valence-corrected chi connectivity index (χ4v) is 1.71. The molecule has 0 aliphatic carbocycles. The van der Waals surface area contributed by atoms with Gasteiger partial charge in [-0.2, -0.15) is 13.2 Å². The molecule has 5 heteroatoms. The number of hydrogen-bond donors (Lipinski definition) is 1. The van der Waals surface area contributed by atoms with Gasteiger partial charge in [-0.05, 0) is 38.3 Å². The third kappa shape index (κ3) is 6.73. The maximum absolute atomic E-state index is 11.7. The highest BCUT2D eigenvalue weighted by molar-refractivity contribution is 4.68. The van der Waals surface area contributed by atoms with Gasteiger partial charge in [0, 0.05) is 6.61 Å². The Kier molecular flexibility index (Phi) is 5.39. The fraction of sp³-hybridized carbons (Fsp3) is 1.00. The molecule has 0 aromatic heterocycles. The second-order valence-corrected chi connectivity index (χ2v) is 3.98. The van der Waals surface area contributed by atoms with Crippen LogP contribution in [0.4, 0.5) is 13.2 Å². The van der Waals surface area contributed by atoms with Crippen molar-refractivity contribution in [1.82, 2.24) is 5.32 Å². The minimum Gasteiger partial charge on any atom is -0.381 e. The molecular weight excluding hydrogens is 207 g/mol. The molecule has 1 N–H and O–H groups in total. The molecule has 1 aliphatic rings. The SMILES string of the molecule is FC(F)(F)CCOCCC1CCCNC1. The summed E-state index contributed by atoms with van der Waals surface area (Å²) in [6.45, 7) is 2.28. The highest BCUT2D eigenvalue weighted by atomic mass is 19.4. The number of alkyl halides is 3. The number of halogens is 3. The van der Waals surface area contributed by atoms with Gasteiger partial charge in [0.1, 0.15) is 0 Å². The molecule has 1 rings (SSSR count). The lowest BCUT2D eigenvalue weighted by atomic mass is 9.97. The quantitative estimate of drug-likeness (QED) is 0.725. The normalized spacial score (nSPS) is 23.0. The predicted molar refractivity (Wildman–Crippen MR) is 51.7 cm³/mol. The van der Waals surface area contributed by atoms with Crippen molar-refractivity contribution in [3.05, 3.63) is 0 Å². The lowest BCUT2D eigenvalue weighted by molar-refractivity contribution is -0.145. The van der Waals surface area contributed by atoms with E-state index in [2.05, 4.69) is 5.32 Å². The summed E-state index contributed by atoms with van der Waals surface area (Å²) in [6, 6.07) is 0. The van der Waals surface area contributed by atoms with E-state index in [0.29, 0.717) is 12.5 Å². The highest BCUT2D eigenvalue weighted by Gasteiger charge is 2.26. The summed E-state index contributed by atoms with van der Waals surface area (Å²) in [5.74, 6) is 0.574. The van der Waals surface area contributed by atoms with Gasteiger partial charge in [0.2, 0.25) is 0 Å². The van der Waals surface area contributed by atoms with Gasteiger partial charge in [-0.3, -0.25) is 0 Å². The van der Waals surface area contributed by atoms with Crippen LogP contribution in [0.2, 0.25) is 0 Å². The van der Waals surface area contributed by atoms with Crippen LogP contribution < -0.4 is 5.32 Å². The highest BCUT2D eigenvalue weighted by Crippen LogP contribution is 2.19. The second kappa shape index (κ2) is 6.33. The Hall–Kier alpha value is -0.290. The summed E-state index contributed by atoms with van der Waals surface area (Å²) in [5.41, 5.74) is 0. The Morgan fingerprint density at radius 1 is 1.27 bits per heavy atom. The van der Waals surface area contributed by atoms with Crippen molar-refractivity contribution in [3.8, 4) is 0 Å². The first kappa shape index (κ1) is 12.8. The number of nitrogens with one attached hydrogen (secondary N) is 1. The smallest absolute Gasteiger partial charge is 0.381 e. The van der Waals surface area contributed by atoms with Crippen LogP contribution in [0.1, 0.15) is 25.7 Å². The van der Waals surface area contributed by atoms with Gasteiger partial charge in [0.25, 0.3) is 0 Å². The van der Waals surface area contributed by atoms with Gasteiger partial charge >= 0.3 is 6.18 Å². The molecule has 15 heavy (non-hydrogen) atoms. The van der Waals surface area contributed by atoms with Crippen molar-refractivity contribution in [2.75, 3.05) is 26.3 Å². The Labute approximate surface area is 88.2 Å². The van der Waals surface area contributed by atoms with Gasteiger partial charge in [-0.25, -0.2) is 0 Å². The average Bonchev–Trinajstić information content (AvgIpc) is 2.17. The second-order valence-electron chi connectivity index (χ2n) is 3.98. The van der Waals surface area contributed by atoms with Crippen LogP contribution in [0.3, 0.4) is 0 Å². The number of ether oxygens (including phenoxy) is 1. The van der Waals surface area contributed by atoms with E-state index in [4.69, 9.17) is 4.74 Å². The topological polar surface area (TPSA) is 21.3 Å². The van der Waals surface area contributed by atoms with Crippen molar-refractivity contribution in [2.45, 2.75) is 31.9 Å². The lowest BCUT2D eigenvalue weighted by Gasteiger charge is -2.22. The Morgan fingerprint density at radius 2 is 2.07 bits per heavy atom. The molecule has 0 amide bonds. The van der Waals surface area contributed by atoms with Crippen LogP contribution in [-0.2, 0) is 4.74 Å². The molecular formula is C10H18F3NO. The van der Waals surface area contributed by atoms with E-state index in [1.54, 1.807) is 0 Å². The molecule has 1 aliphatic heterocycles. The van der Waals surface area contributed by atoms with E-state index in [0.717, 1.165) is 32.4 Å². The number of piperidine rings is 1. The standard InChI is InChI=1S/C10H18F3NO/c11-10(12,13)4-7-15-6-3-9-2-1-5-14-8-9/h9,14H,1-8H2. The zero-order chi connectivity index (χ0) is 11.1. The van der Waals surface area contributed by atoms with E-state index in [1.165, 1.54) is 0 Å². The third-order valence-electron chi connectivity index (χ3n) is 2.60. The molecule has 2 nitrogen and oxygen atoms in total. The molecule has 1 heterocycles. The van der Waals surface area contributed by atoms with Crippen LogP contribution >= 0.6 is 0 Å². The van der Waals surface area contributed by atoms with Gasteiger partial charge in [0.15, 0.2) is 0 Å². The number of rotatable bonds is 5. The predicted octanol–water partition coefficient (Wildman–Crippen LogP) is 2.35. The maximum Gasteiger partial charge on any atom is 0.391 e. The molecule has 0 aromatic carbocycles. The molecule has 1 fully saturated rings. The average molecular weight is 225 g/mol. The van der Waals surface area contributed by atoms with Crippen molar-refractivity contribution in [1.29, 1.82) is 0 Å². The number of hydrogen-bond acceptors (Lipinski definition) is 2. The van der Waals surface area contributed by atoms with Crippen molar-refractivity contribution in [2.24, 2.45) is 5.92 Å². The van der Waals surface area contributed by atoms with Crippen molar-refractivity contribution >= 4 is 0 Å². The molecule has 1 atom stereocenters. The molecule has 1 saturated heterocycles. The van der Waals surface area contributed by atoms with E-state index < -0.39 is 12.6 Å². The molecule has 0 radical (unpaired) electrons. The summed E-state index contributed by atoms with van der Waals surface area (Å²) < 4.78 is 40.2. The molecule has 0 saturated carbocycles. The molecule has 0 spiro atoms. The van der Waals surface area contributed by atoms with Gasteiger partial charge in [-0.15, -0.1) is 0 Å². The molecule has 0 bridgehead atoms. The summed E-state index contributed by atoms with van der Waals surface area (Å²) in [7, 11) is 0. The molecule has 0 aromatic rings. The van der Waals surface area contributed by atoms with E-state index in [9.17, 15) is 13.2 Å². The minimum atomic E-state index is -4.09. The zero-order valence-electron chi connectivity index (χ0n) is 8.78.